The van der Waals surface area contributed by atoms with E-state index in [0.717, 1.165) is 0 Å². The monoisotopic (exact) mass is 327 g/mol. The van der Waals surface area contributed by atoms with Crippen LogP contribution in [0.5, 0.6) is 0 Å². The zero-order valence-electron chi connectivity index (χ0n) is 10.9. The maximum Gasteiger partial charge on any atom is 0.374 e. The van der Waals surface area contributed by atoms with Crippen LogP contribution in [0, 0.1) is 0 Å². The summed E-state index contributed by atoms with van der Waals surface area (Å²) < 4.78 is 9.86. The molecule has 21 heavy (non-hydrogen) atoms. The van der Waals surface area contributed by atoms with Crippen LogP contribution in [-0.4, -0.2) is 18.0 Å². The fourth-order valence-electron chi connectivity index (χ4n) is 1.49. The number of benzene rings is 1. The van der Waals surface area contributed by atoms with Gasteiger partial charge in [-0.1, -0.05) is 23.2 Å². The van der Waals surface area contributed by atoms with Crippen LogP contribution in [0.1, 0.15) is 17.5 Å². The Morgan fingerprint density at radius 2 is 2.05 bits per heavy atom. The van der Waals surface area contributed by atoms with Crippen LogP contribution in [0.2, 0.25) is 10.0 Å². The first-order valence-corrected chi connectivity index (χ1v) is 6.73. The molecule has 110 valence electrons. The van der Waals surface area contributed by atoms with E-state index in [4.69, 9.17) is 32.4 Å². The number of furan rings is 1. The van der Waals surface area contributed by atoms with Gasteiger partial charge in [0.2, 0.25) is 5.76 Å². The van der Waals surface area contributed by atoms with E-state index in [2.05, 4.69) is 5.32 Å². The third-order valence-corrected chi connectivity index (χ3v) is 3.11. The van der Waals surface area contributed by atoms with Gasteiger partial charge in [-0.15, -0.1) is 0 Å². The Kier molecular flexibility index (Phi) is 4.88. The third kappa shape index (κ3) is 4.00. The molecule has 1 unspecified atom stereocenters. The van der Waals surface area contributed by atoms with Gasteiger partial charge in [-0.2, -0.15) is 0 Å². The highest BCUT2D eigenvalue weighted by Gasteiger charge is 2.21. The molecule has 1 N–H and O–H groups in total. The van der Waals surface area contributed by atoms with Gasteiger partial charge in [0, 0.05) is 5.02 Å². The third-order valence-electron chi connectivity index (χ3n) is 2.56. The molecule has 0 saturated heterocycles. The molecule has 0 saturated carbocycles. The number of anilines is 1. The summed E-state index contributed by atoms with van der Waals surface area (Å²) in [5, 5.41) is 3.30. The number of hydrogen-bond donors (Lipinski definition) is 1. The van der Waals surface area contributed by atoms with Gasteiger partial charge in [-0.3, -0.25) is 4.79 Å². The minimum Gasteiger partial charge on any atom is -0.457 e. The van der Waals surface area contributed by atoms with Gasteiger partial charge in [-0.25, -0.2) is 4.79 Å². The number of rotatable bonds is 4. The molecule has 0 fully saturated rings. The van der Waals surface area contributed by atoms with Gasteiger partial charge in [0.15, 0.2) is 6.10 Å². The molecule has 1 aromatic carbocycles. The van der Waals surface area contributed by atoms with Gasteiger partial charge in [0.1, 0.15) is 0 Å². The molecule has 5 nitrogen and oxygen atoms in total. The quantitative estimate of drug-likeness (QED) is 0.868. The van der Waals surface area contributed by atoms with E-state index in [1.807, 2.05) is 0 Å². The standard InChI is InChI=1S/C14H11Cl2NO4/c1-8(21-14(19)12-3-2-6-20-12)13(18)17-11-5-4-9(15)7-10(11)16/h2-8H,1H3,(H,17,18). The Bertz CT molecular complexity index is 655. The SMILES string of the molecule is CC(OC(=O)c1ccco1)C(=O)Nc1ccc(Cl)cc1Cl. The maximum absolute atomic E-state index is 11.9. The summed E-state index contributed by atoms with van der Waals surface area (Å²) in [6.07, 6.45) is 0.337. The van der Waals surface area contributed by atoms with Gasteiger partial charge in [-0.05, 0) is 37.3 Å². The lowest BCUT2D eigenvalue weighted by Gasteiger charge is -2.13. The van der Waals surface area contributed by atoms with Gasteiger partial charge in [0.25, 0.3) is 5.91 Å². The number of amides is 1. The summed E-state index contributed by atoms with van der Waals surface area (Å²) in [4.78, 5) is 23.6. The molecule has 1 heterocycles. The second-order valence-electron chi connectivity index (χ2n) is 4.14. The number of hydrogen-bond acceptors (Lipinski definition) is 4. The summed E-state index contributed by atoms with van der Waals surface area (Å²) >= 11 is 11.7. The maximum atomic E-state index is 11.9. The van der Waals surface area contributed by atoms with Crippen LogP contribution in [0.15, 0.2) is 41.0 Å². The molecular formula is C14H11Cl2NO4. The largest absolute Gasteiger partial charge is 0.457 e. The number of halogens is 2. The summed E-state index contributed by atoms with van der Waals surface area (Å²) in [5.74, 6) is -1.21. The molecule has 0 aliphatic heterocycles. The van der Waals surface area contributed by atoms with E-state index >= 15 is 0 Å². The summed E-state index contributed by atoms with van der Waals surface area (Å²) in [6.45, 7) is 1.44. The van der Waals surface area contributed by atoms with E-state index in [-0.39, 0.29) is 5.76 Å². The molecule has 0 spiro atoms. The van der Waals surface area contributed by atoms with Crippen molar-refractivity contribution < 1.29 is 18.7 Å². The molecule has 1 amide bonds. The van der Waals surface area contributed by atoms with Crippen LogP contribution in [0.4, 0.5) is 5.69 Å². The average Bonchev–Trinajstić information content (AvgIpc) is 2.95. The molecule has 0 bridgehead atoms. The molecule has 7 heteroatoms. The summed E-state index contributed by atoms with van der Waals surface area (Å²) in [7, 11) is 0. The van der Waals surface area contributed by atoms with Crippen LogP contribution < -0.4 is 5.32 Å². The molecule has 0 aliphatic rings. The predicted octanol–water partition coefficient (Wildman–Crippen LogP) is 3.77. The smallest absolute Gasteiger partial charge is 0.374 e. The first kappa shape index (κ1) is 15.4. The lowest BCUT2D eigenvalue weighted by atomic mass is 10.3. The second kappa shape index (κ2) is 6.65. The van der Waals surface area contributed by atoms with Crippen molar-refractivity contribution in [3.05, 3.63) is 52.4 Å². The van der Waals surface area contributed by atoms with Crippen molar-refractivity contribution in [3.63, 3.8) is 0 Å². The Morgan fingerprint density at radius 3 is 2.67 bits per heavy atom. The van der Waals surface area contributed by atoms with Crippen molar-refractivity contribution >= 4 is 40.8 Å². The van der Waals surface area contributed by atoms with Crippen molar-refractivity contribution in [3.8, 4) is 0 Å². The number of carbonyl (C=O) groups is 2. The second-order valence-corrected chi connectivity index (χ2v) is 4.98. The topological polar surface area (TPSA) is 68.5 Å². The zero-order chi connectivity index (χ0) is 15.4. The number of esters is 1. The van der Waals surface area contributed by atoms with Crippen LogP contribution >= 0.6 is 23.2 Å². The first-order valence-electron chi connectivity index (χ1n) is 5.98. The molecular weight excluding hydrogens is 317 g/mol. The fourth-order valence-corrected chi connectivity index (χ4v) is 1.95. The fraction of sp³-hybridized carbons (Fsp3) is 0.143. The Morgan fingerprint density at radius 1 is 1.29 bits per heavy atom. The minimum absolute atomic E-state index is 0.0270. The number of carbonyl (C=O) groups excluding carboxylic acids is 2. The normalized spacial score (nSPS) is 11.8. The number of ether oxygens (including phenoxy) is 1. The molecule has 1 atom stereocenters. The van der Waals surface area contributed by atoms with Gasteiger partial charge in [0.05, 0.1) is 17.0 Å². The van der Waals surface area contributed by atoms with Crippen molar-refractivity contribution in [2.24, 2.45) is 0 Å². The molecule has 0 aliphatic carbocycles. The highest BCUT2D eigenvalue weighted by Crippen LogP contribution is 2.25. The summed E-state index contributed by atoms with van der Waals surface area (Å²) in [5.41, 5.74) is 0.381. The Balaban J connectivity index is 1.98. The first-order chi connectivity index (χ1) is 9.97. The zero-order valence-corrected chi connectivity index (χ0v) is 12.4. The highest BCUT2D eigenvalue weighted by atomic mass is 35.5. The lowest BCUT2D eigenvalue weighted by Crippen LogP contribution is -2.30. The average molecular weight is 328 g/mol. The van der Waals surface area contributed by atoms with E-state index in [9.17, 15) is 9.59 Å². The van der Waals surface area contributed by atoms with Crippen LogP contribution in [0.25, 0.3) is 0 Å². The highest BCUT2D eigenvalue weighted by molar-refractivity contribution is 6.36. The van der Waals surface area contributed by atoms with Crippen LogP contribution in [0.3, 0.4) is 0 Å². The molecule has 2 aromatic rings. The van der Waals surface area contributed by atoms with Crippen LogP contribution in [-0.2, 0) is 9.53 Å². The minimum atomic E-state index is -1.01. The van der Waals surface area contributed by atoms with Crippen molar-refractivity contribution in [1.29, 1.82) is 0 Å². The van der Waals surface area contributed by atoms with Crippen molar-refractivity contribution in [2.75, 3.05) is 5.32 Å². The Labute approximate surface area is 130 Å². The van der Waals surface area contributed by atoms with Crippen molar-refractivity contribution in [1.82, 2.24) is 0 Å². The van der Waals surface area contributed by atoms with Crippen molar-refractivity contribution in [2.45, 2.75) is 13.0 Å². The molecule has 0 radical (unpaired) electrons. The summed E-state index contributed by atoms with van der Waals surface area (Å²) in [6, 6.07) is 7.64. The molecule has 2 rings (SSSR count). The van der Waals surface area contributed by atoms with E-state index in [1.54, 1.807) is 18.2 Å². The predicted molar refractivity (Wildman–Crippen MR) is 78.7 cm³/mol. The van der Waals surface area contributed by atoms with E-state index in [1.165, 1.54) is 25.3 Å². The lowest BCUT2D eigenvalue weighted by molar-refractivity contribution is -0.123. The van der Waals surface area contributed by atoms with E-state index < -0.39 is 18.0 Å². The number of nitrogens with one attached hydrogen (secondary N) is 1. The van der Waals surface area contributed by atoms with Gasteiger partial charge >= 0.3 is 5.97 Å². The Hall–Kier alpha value is -1.98. The van der Waals surface area contributed by atoms with Gasteiger partial charge < -0.3 is 14.5 Å². The molecule has 1 aromatic heterocycles. The van der Waals surface area contributed by atoms with E-state index in [0.29, 0.717) is 15.7 Å².